The average Bonchev–Trinajstić information content (AvgIpc) is 0.732. The Hall–Kier alpha value is -19.8. The Kier molecular flexibility index (Phi) is 23.0. The molecule has 29 rings (SSSR count). The van der Waals surface area contributed by atoms with E-state index in [2.05, 4.69) is 614 Å². The smallest absolute Gasteiger partial charge is 0.0540 e. The Morgan fingerprint density at radius 3 is 0.507 bits per heavy atom. The van der Waals surface area contributed by atoms with Gasteiger partial charge in [-0.3, -0.25) is 0 Å². The van der Waals surface area contributed by atoms with E-state index in [1.807, 2.05) is 0 Å². The molecule has 0 aliphatic rings. The lowest BCUT2D eigenvalue weighted by Gasteiger charge is -2.27. The van der Waals surface area contributed by atoms with Crippen molar-refractivity contribution in [2.24, 2.45) is 0 Å². The predicted molar refractivity (Wildman–Crippen MR) is 645 cm³/mol. The molecular weight excluding hydrogens is 1810 g/mol. The highest BCUT2D eigenvalue weighted by Gasteiger charge is 2.25. The molecule has 150 heavy (non-hydrogen) atoms. The molecule has 0 bridgehead atoms. The van der Waals surface area contributed by atoms with Gasteiger partial charge in [0.1, 0.15) is 0 Å². The molecule has 0 heterocycles. The Balaban J connectivity index is 0.000000111. The summed E-state index contributed by atoms with van der Waals surface area (Å²) in [6, 6.07) is 216. The second-order valence-corrected chi connectivity index (χ2v) is 38.8. The quantitative estimate of drug-likeness (QED) is 0.0894. The van der Waals surface area contributed by atoms with Gasteiger partial charge in [0.15, 0.2) is 0 Å². The van der Waals surface area contributed by atoms with Crippen molar-refractivity contribution in [1.29, 1.82) is 0 Å². The predicted octanol–water partition coefficient (Wildman–Crippen LogP) is 41.8. The van der Waals surface area contributed by atoms with Crippen molar-refractivity contribution in [3.05, 3.63) is 595 Å². The molecule has 4 nitrogen and oxygen atoms in total. The van der Waals surface area contributed by atoms with Crippen LogP contribution in [0.3, 0.4) is 0 Å². The summed E-state index contributed by atoms with van der Waals surface area (Å²) in [7, 11) is 0. The maximum absolute atomic E-state index is 2.47. The van der Waals surface area contributed by atoms with Gasteiger partial charge in [0.05, 0.1) is 11.4 Å². The molecule has 0 aliphatic heterocycles. The summed E-state index contributed by atoms with van der Waals surface area (Å²) in [6.45, 7) is 0. The van der Waals surface area contributed by atoms with Crippen molar-refractivity contribution in [2.45, 2.75) is 0 Å². The van der Waals surface area contributed by atoms with Gasteiger partial charge in [-0.1, -0.05) is 455 Å². The highest BCUT2D eigenvalue weighted by atomic mass is 15.2. The minimum atomic E-state index is 1.11. The maximum atomic E-state index is 2.47. The number of rotatable bonds is 16. The number of benzene rings is 29. The summed E-state index contributed by atoms with van der Waals surface area (Å²) in [6.07, 6.45) is 0. The molecule has 702 valence electrons. The number of fused-ring (bicyclic) bond motifs is 26. The first kappa shape index (κ1) is 89.1. The molecule has 0 atom stereocenters. The van der Waals surface area contributed by atoms with Crippen molar-refractivity contribution in [1.82, 2.24) is 0 Å². The molecule has 0 spiro atoms. The van der Waals surface area contributed by atoms with Crippen molar-refractivity contribution < 1.29 is 0 Å². The van der Waals surface area contributed by atoms with Crippen LogP contribution in [-0.4, -0.2) is 0 Å². The van der Waals surface area contributed by atoms with Gasteiger partial charge in [0, 0.05) is 67.6 Å². The standard InChI is InChI=1S/C54H33N.C48H33N.C44H32N2/c1-4-19-43-37(13-1)40-16-7-10-22-46(40)52-31-34(25-28-49(43)52)55(35-26-29-50-44-20-5-2-14-38(44)41-17-8-11-23-47(41)53(50)32-35)36-27-30-51-45-21-6-3-15-39(45)42-18-9-12-24-48(42)54(51)33-36;1-3-11-34(12-4-1)36-19-26-40(27-20-36)49(41-28-21-37(22-29-41)35-13-5-2-6-14-35)42-30-23-38(24-31-42)39-25-32-47-45-17-8-7-15-43(45)44-16-9-10-18-46(44)48(47)33-39;1-3-17-37(18-4-1)45(43-23-11-15-35-13-7-9-21-41(35)43)39-29-25-33(26-30-39)34-27-31-40(32-28-34)46(38-19-5-2-6-20-38)44-24-12-16-36-14-8-10-22-42(36)44/h1-33H;1-33H;1-32H. The SMILES string of the molecule is c1ccc(-c2ccc(N(c3ccc(-c4ccccc4)cc3)c3ccc(-c4ccc5c6ccccc6c6ccccc6c5c4)cc3)cc2)cc1.c1ccc(N(c2ccc(-c3ccc(N(c4ccccc4)c4cccc5ccccc45)cc3)cc2)c2cccc3ccccc23)cc1.c1ccc2c(c1)c1ccccc1c1cc(N(c3ccc4c5ccccc5c5ccccc5c4c3)c3ccc4c5ccccc5c5ccccc5c4c3)ccc21. The van der Waals surface area contributed by atoms with Gasteiger partial charge in [0.2, 0.25) is 0 Å². The Labute approximate surface area is 871 Å². The van der Waals surface area contributed by atoms with E-state index in [0.29, 0.717) is 0 Å². The van der Waals surface area contributed by atoms with Gasteiger partial charge in [-0.2, -0.15) is 0 Å². The first-order chi connectivity index (χ1) is 74.4. The fraction of sp³-hybridized carbons (Fsp3) is 0. The molecule has 0 amide bonds. The zero-order chi connectivity index (χ0) is 99.3. The molecule has 0 radical (unpaired) electrons. The topological polar surface area (TPSA) is 13.0 Å². The second-order valence-electron chi connectivity index (χ2n) is 38.8. The highest BCUT2D eigenvalue weighted by Crippen LogP contribution is 2.50. The molecule has 0 N–H and O–H groups in total. The number of hydrogen-bond donors (Lipinski definition) is 0. The van der Waals surface area contributed by atoms with Crippen molar-refractivity contribution >= 4 is 219 Å². The fourth-order valence-electron chi connectivity index (χ4n) is 23.2. The number of para-hydroxylation sites is 2. The van der Waals surface area contributed by atoms with E-state index >= 15 is 0 Å². The van der Waals surface area contributed by atoms with Crippen molar-refractivity contribution in [2.75, 3.05) is 19.6 Å². The van der Waals surface area contributed by atoms with Gasteiger partial charge in [-0.05, 0) is 324 Å². The third kappa shape index (κ3) is 16.4. The van der Waals surface area contributed by atoms with E-state index in [4.69, 9.17) is 0 Å². The second kappa shape index (κ2) is 38.7. The number of anilines is 12. The lowest BCUT2D eigenvalue weighted by atomic mass is 9.92. The van der Waals surface area contributed by atoms with E-state index in [1.165, 1.54) is 195 Å². The first-order valence-electron chi connectivity index (χ1n) is 51.6. The maximum Gasteiger partial charge on any atom is 0.0540 e. The van der Waals surface area contributed by atoms with Gasteiger partial charge in [-0.25, -0.2) is 0 Å². The first-order valence-corrected chi connectivity index (χ1v) is 51.6. The van der Waals surface area contributed by atoms with Crippen LogP contribution < -0.4 is 19.6 Å². The van der Waals surface area contributed by atoms with Gasteiger partial charge in [0.25, 0.3) is 0 Å². The zero-order valence-corrected chi connectivity index (χ0v) is 82.4. The van der Waals surface area contributed by atoms with Crippen LogP contribution in [-0.2, 0) is 0 Å². The molecule has 0 aliphatic carbocycles. The van der Waals surface area contributed by atoms with Crippen LogP contribution in [0.1, 0.15) is 0 Å². The lowest BCUT2D eigenvalue weighted by molar-refractivity contribution is 1.28. The third-order valence-electron chi connectivity index (χ3n) is 30.3. The molecule has 0 aromatic heterocycles. The summed E-state index contributed by atoms with van der Waals surface area (Å²) in [4.78, 5) is 9.50. The van der Waals surface area contributed by atoms with Crippen LogP contribution in [0.5, 0.6) is 0 Å². The number of hydrogen-bond acceptors (Lipinski definition) is 4. The van der Waals surface area contributed by atoms with E-state index in [1.54, 1.807) is 0 Å². The summed E-state index contributed by atoms with van der Waals surface area (Å²) in [5.41, 5.74) is 23.2. The number of nitrogens with zero attached hydrogens (tertiary/aromatic N) is 4. The molecule has 0 saturated heterocycles. The van der Waals surface area contributed by atoms with Crippen LogP contribution in [0.4, 0.5) is 68.2 Å². The van der Waals surface area contributed by atoms with Crippen LogP contribution in [0.15, 0.2) is 595 Å². The van der Waals surface area contributed by atoms with Crippen molar-refractivity contribution in [3.63, 3.8) is 0 Å². The normalized spacial score (nSPS) is 11.5. The fourth-order valence-corrected chi connectivity index (χ4v) is 23.2. The summed E-state index contributed by atoms with van der Waals surface area (Å²) < 4.78 is 0. The van der Waals surface area contributed by atoms with E-state index in [9.17, 15) is 0 Å². The zero-order valence-electron chi connectivity index (χ0n) is 82.4. The Morgan fingerprint density at radius 2 is 0.240 bits per heavy atom. The van der Waals surface area contributed by atoms with Crippen LogP contribution in [0.25, 0.3) is 195 Å². The molecule has 0 fully saturated rings. The van der Waals surface area contributed by atoms with Gasteiger partial charge < -0.3 is 19.6 Å². The van der Waals surface area contributed by atoms with E-state index < -0.39 is 0 Å². The minimum Gasteiger partial charge on any atom is -0.311 e. The van der Waals surface area contributed by atoms with Crippen LogP contribution in [0.2, 0.25) is 0 Å². The van der Waals surface area contributed by atoms with Gasteiger partial charge in [-0.15, -0.1) is 0 Å². The largest absolute Gasteiger partial charge is 0.311 e. The molecule has 4 heteroatoms. The van der Waals surface area contributed by atoms with Crippen LogP contribution >= 0.6 is 0 Å². The molecule has 0 saturated carbocycles. The Morgan fingerprint density at radius 1 is 0.0800 bits per heavy atom. The highest BCUT2D eigenvalue weighted by molar-refractivity contribution is 6.30. The molecule has 29 aromatic rings. The molecule has 29 aromatic carbocycles. The monoisotopic (exact) mass is 1910 g/mol. The molecular formula is C146H98N4. The summed E-state index contributed by atoms with van der Waals surface area (Å²) in [5.74, 6) is 0. The average molecular weight is 1910 g/mol. The van der Waals surface area contributed by atoms with E-state index in [-0.39, 0.29) is 0 Å². The van der Waals surface area contributed by atoms with E-state index in [0.717, 1.165) is 68.2 Å². The Bertz CT molecular complexity index is 9410. The van der Waals surface area contributed by atoms with Crippen LogP contribution in [0, 0.1) is 0 Å². The third-order valence-corrected chi connectivity index (χ3v) is 30.3. The minimum absolute atomic E-state index is 1.11. The van der Waals surface area contributed by atoms with Crippen molar-refractivity contribution in [3.8, 4) is 44.5 Å². The van der Waals surface area contributed by atoms with Gasteiger partial charge >= 0.3 is 0 Å². The summed E-state index contributed by atoms with van der Waals surface area (Å²) >= 11 is 0. The molecule has 0 unspecified atom stereocenters. The lowest BCUT2D eigenvalue weighted by Crippen LogP contribution is -2.10. The summed E-state index contributed by atoms with van der Waals surface area (Å²) in [5, 5.41) is 35.6.